The molecule has 2 aromatic rings. The van der Waals surface area contributed by atoms with Crippen LogP contribution in [0, 0.1) is 5.41 Å². The number of hydrogen-bond donors (Lipinski definition) is 1. The number of rotatable bonds is 10. The summed E-state index contributed by atoms with van der Waals surface area (Å²) in [6.07, 6.45) is 1.38. The summed E-state index contributed by atoms with van der Waals surface area (Å²) in [5.74, 6) is -1.32. The molecule has 0 aliphatic heterocycles. The lowest BCUT2D eigenvalue weighted by atomic mass is 9.97. The van der Waals surface area contributed by atoms with Crippen molar-refractivity contribution in [1.29, 1.82) is 0 Å². The minimum absolute atomic E-state index is 0.0226. The second-order valence-electron chi connectivity index (χ2n) is 6.48. The van der Waals surface area contributed by atoms with Gasteiger partial charge in [-0.15, -0.1) is 4.52 Å². The molecule has 0 spiro atoms. The lowest BCUT2D eigenvalue weighted by Gasteiger charge is -2.17. The quantitative estimate of drug-likeness (QED) is 0.455. The highest BCUT2D eigenvalue weighted by Gasteiger charge is 2.42. The third-order valence-electron chi connectivity index (χ3n) is 3.40. The van der Waals surface area contributed by atoms with Crippen LogP contribution in [0.3, 0.4) is 0 Å². The van der Waals surface area contributed by atoms with Crippen molar-refractivity contribution in [1.82, 2.24) is 0 Å². The maximum absolute atomic E-state index is 12.5. The molecule has 1 aromatic carbocycles. The number of halogens is 1. The molecule has 9 heteroatoms. The molecular weight excluding hydrogens is 395 g/mol. The van der Waals surface area contributed by atoms with E-state index in [2.05, 4.69) is 0 Å². The van der Waals surface area contributed by atoms with Crippen molar-refractivity contribution in [3.63, 3.8) is 0 Å². The number of carbonyl (C=O) groups is 1. The van der Waals surface area contributed by atoms with Gasteiger partial charge in [0.15, 0.2) is 12.4 Å². The second-order valence-corrected chi connectivity index (χ2v) is 8.22. The van der Waals surface area contributed by atoms with Gasteiger partial charge in [0.05, 0.1) is 12.9 Å². The molecular formula is C18H21ClO7P+. The topological polar surface area (TPSA) is 95.2 Å². The molecule has 146 valence electrons. The van der Waals surface area contributed by atoms with E-state index in [-0.39, 0.29) is 25.6 Å². The molecule has 1 N–H and O–H groups in total. The highest BCUT2D eigenvalue weighted by atomic mass is 35.5. The number of ether oxygens (including phenoxy) is 2. The summed E-state index contributed by atoms with van der Waals surface area (Å²) in [4.78, 5) is 12.1. The molecule has 0 bridgehead atoms. The third-order valence-corrected chi connectivity index (χ3v) is 4.78. The smallest absolute Gasteiger partial charge is 0.482 e. The largest absolute Gasteiger partial charge is 0.562 e. The van der Waals surface area contributed by atoms with Gasteiger partial charge in [-0.25, -0.2) is 4.79 Å². The number of benzene rings is 1. The van der Waals surface area contributed by atoms with Crippen LogP contribution < -0.4 is 4.74 Å². The minimum atomic E-state index is -2.44. The van der Waals surface area contributed by atoms with Gasteiger partial charge in [0.2, 0.25) is 0 Å². The zero-order valence-corrected chi connectivity index (χ0v) is 16.6. The van der Waals surface area contributed by atoms with Gasteiger partial charge in [0.25, 0.3) is 0 Å². The number of aliphatic hydroxyl groups is 1. The Morgan fingerprint density at radius 1 is 1.30 bits per heavy atom. The standard InChI is InChI=1S/C18H21ClO7P/c1-18(2,11-20)12-25-27(22)17(15-4-3-9-23-15)26-16(21)10-24-14-7-5-13(19)6-8-14/h3-9,17,20H,10-12H2,1-2H3/q+1. The van der Waals surface area contributed by atoms with Crippen LogP contribution in [0.1, 0.15) is 25.5 Å². The Bertz CT molecular complexity index is 744. The zero-order valence-electron chi connectivity index (χ0n) is 15.0. The molecule has 0 aliphatic rings. The summed E-state index contributed by atoms with van der Waals surface area (Å²) >= 11 is 5.79. The normalized spacial score (nSPS) is 13.1. The number of aliphatic hydroxyl groups excluding tert-OH is 1. The summed E-state index contributed by atoms with van der Waals surface area (Å²) in [5.41, 5.74) is -0.583. The van der Waals surface area contributed by atoms with E-state index in [1.54, 1.807) is 44.2 Å². The van der Waals surface area contributed by atoms with Gasteiger partial charge in [-0.2, -0.15) is 0 Å². The monoisotopic (exact) mass is 415 g/mol. The Hall–Kier alpha value is -1.92. The van der Waals surface area contributed by atoms with Crippen LogP contribution in [0.25, 0.3) is 0 Å². The summed E-state index contributed by atoms with van der Waals surface area (Å²) in [7, 11) is -2.44. The van der Waals surface area contributed by atoms with Gasteiger partial charge in [0.1, 0.15) is 12.4 Å². The van der Waals surface area contributed by atoms with E-state index in [9.17, 15) is 14.5 Å². The van der Waals surface area contributed by atoms with E-state index in [0.29, 0.717) is 10.8 Å². The van der Waals surface area contributed by atoms with E-state index in [1.807, 2.05) is 0 Å². The first-order valence-electron chi connectivity index (χ1n) is 8.12. The summed E-state index contributed by atoms with van der Waals surface area (Å²) < 4.78 is 33.6. The van der Waals surface area contributed by atoms with Crippen LogP contribution in [-0.2, 0) is 18.6 Å². The van der Waals surface area contributed by atoms with Crippen LogP contribution >= 0.6 is 19.6 Å². The van der Waals surface area contributed by atoms with Gasteiger partial charge in [-0.05, 0) is 41.0 Å². The average Bonchev–Trinajstić information content (AvgIpc) is 3.18. The number of hydrogen-bond acceptors (Lipinski definition) is 7. The molecule has 7 nitrogen and oxygen atoms in total. The Morgan fingerprint density at radius 2 is 2.00 bits per heavy atom. The fourth-order valence-electron chi connectivity index (χ4n) is 1.82. The van der Waals surface area contributed by atoms with E-state index in [0.717, 1.165) is 0 Å². The predicted octanol–water partition coefficient (Wildman–Crippen LogP) is 4.33. The van der Waals surface area contributed by atoms with Crippen LogP contribution in [0.2, 0.25) is 5.02 Å². The number of furan rings is 1. The molecule has 1 aromatic heterocycles. The highest BCUT2D eigenvalue weighted by molar-refractivity contribution is 7.39. The first-order valence-corrected chi connectivity index (χ1v) is 9.74. The van der Waals surface area contributed by atoms with Gasteiger partial charge in [0, 0.05) is 10.4 Å². The fourth-order valence-corrected chi connectivity index (χ4v) is 3.12. The molecule has 1 heterocycles. The van der Waals surface area contributed by atoms with E-state index in [1.165, 1.54) is 12.3 Å². The summed E-state index contributed by atoms with van der Waals surface area (Å²) in [6, 6.07) is 9.59. The van der Waals surface area contributed by atoms with Gasteiger partial charge in [-0.3, -0.25) is 0 Å². The summed E-state index contributed by atoms with van der Waals surface area (Å²) in [5, 5.41) is 9.81. The molecule has 2 unspecified atom stereocenters. The maximum Gasteiger partial charge on any atom is 0.562 e. The molecule has 0 saturated heterocycles. The molecule has 0 radical (unpaired) electrons. The first-order chi connectivity index (χ1) is 12.8. The van der Waals surface area contributed by atoms with Crippen LogP contribution in [0.5, 0.6) is 5.75 Å². The Kier molecular flexibility index (Phi) is 7.80. The van der Waals surface area contributed by atoms with E-state index < -0.39 is 25.3 Å². The molecule has 0 amide bonds. The second kappa shape index (κ2) is 9.85. The molecule has 2 atom stereocenters. The maximum atomic E-state index is 12.5. The SMILES string of the molecule is CC(C)(CO)CO[P+](=O)C(OC(=O)COc1ccc(Cl)cc1)c1ccco1. The number of carbonyl (C=O) groups excluding carboxylic acids is 1. The van der Waals surface area contributed by atoms with E-state index >= 15 is 0 Å². The van der Waals surface area contributed by atoms with Gasteiger partial charge < -0.3 is 19.0 Å². The van der Waals surface area contributed by atoms with Crippen LogP contribution in [-0.4, -0.2) is 30.9 Å². The lowest BCUT2D eigenvalue weighted by Crippen LogP contribution is -2.23. The average molecular weight is 416 g/mol. The van der Waals surface area contributed by atoms with Gasteiger partial charge in [-0.1, -0.05) is 25.4 Å². The highest BCUT2D eigenvalue weighted by Crippen LogP contribution is 2.44. The molecule has 27 heavy (non-hydrogen) atoms. The Labute approximate surface area is 163 Å². The van der Waals surface area contributed by atoms with Crippen molar-refractivity contribution in [3.05, 3.63) is 53.4 Å². The van der Waals surface area contributed by atoms with Crippen molar-refractivity contribution < 1.29 is 32.9 Å². The lowest BCUT2D eigenvalue weighted by molar-refractivity contribution is -0.149. The Morgan fingerprint density at radius 3 is 2.59 bits per heavy atom. The minimum Gasteiger partial charge on any atom is -0.482 e. The predicted molar refractivity (Wildman–Crippen MR) is 98.9 cm³/mol. The molecule has 2 rings (SSSR count). The van der Waals surface area contributed by atoms with Crippen molar-refractivity contribution in [2.24, 2.45) is 5.41 Å². The number of esters is 1. The third kappa shape index (κ3) is 6.96. The molecule has 0 aliphatic carbocycles. The fraction of sp³-hybridized carbons (Fsp3) is 0.389. The van der Waals surface area contributed by atoms with Crippen molar-refractivity contribution in [2.45, 2.75) is 19.7 Å². The van der Waals surface area contributed by atoms with Crippen molar-refractivity contribution >= 4 is 25.6 Å². The summed E-state index contributed by atoms with van der Waals surface area (Å²) in [6.45, 7) is 3.00. The van der Waals surface area contributed by atoms with Gasteiger partial charge >= 0.3 is 19.8 Å². The van der Waals surface area contributed by atoms with Crippen LogP contribution in [0.4, 0.5) is 0 Å². The zero-order chi connectivity index (χ0) is 19.9. The van der Waals surface area contributed by atoms with Crippen LogP contribution in [0.15, 0.2) is 47.1 Å². The van der Waals surface area contributed by atoms with Crippen molar-refractivity contribution in [2.75, 3.05) is 19.8 Å². The first kappa shape index (κ1) is 21.4. The Balaban J connectivity index is 1.96. The molecule has 0 fully saturated rings. The van der Waals surface area contributed by atoms with E-state index in [4.69, 9.17) is 30.0 Å². The molecule has 0 saturated carbocycles. The van der Waals surface area contributed by atoms with Crippen molar-refractivity contribution in [3.8, 4) is 5.75 Å².